The van der Waals surface area contributed by atoms with Gasteiger partial charge in [-0.1, -0.05) is 71.9 Å². The third kappa shape index (κ3) is 7.69. The molecule has 1 aliphatic rings. The number of carbonyl (C=O) groups is 4. The van der Waals surface area contributed by atoms with Crippen LogP contribution < -0.4 is 19.7 Å². The SMILES string of the molecule is COc1ccc(COC(=O)C(C)(C(=O)Sc2ccc(OC)cc2)C2(NC(=O)OC(C)(C)C)C(=O)N(Cc3ccccc3)c3cc(Cl)ccc32)cc1. The standard InChI is InChI=1S/C39H39ClN2O8S/c1-37(2,3)50-36(46)41-39(31-21-14-27(40)22-32(31)42(33(39)43)23-25-10-8-7-9-11-25)38(4,35(45)51-30-19-17-29(48-6)18-20-30)34(44)49-24-26-12-15-28(47-5)16-13-26/h7-22H,23-24H2,1-6H3,(H,41,46). The second kappa shape index (κ2) is 15.1. The fourth-order valence-corrected chi connectivity index (χ4v) is 6.93. The lowest BCUT2D eigenvalue weighted by Gasteiger charge is -2.42. The second-order valence-corrected chi connectivity index (χ2v) is 14.5. The summed E-state index contributed by atoms with van der Waals surface area (Å²) in [5.41, 5.74) is -3.88. The van der Waals surface area contributed by atoms with Crippen LogP contribution in [0.3, 0.4) is 0 Å². The van der Waals surface area contributed by atoms with Crippen LogP contribution >= 0.6 is 23.4 Å². The second-order valence-electron chi connectivity index (χ2n) is 13.0. The van der Waals surface area contributed by atoms with Gasteiger partial charge in [0.2, 0.25) is 5.12 Å². The molecule has 51 heavy (non-hydrogen) atoms. The number of fused-ring (bicyclic) bond motifs is 1. The molecule has 0 aromatic heterocycles. The molecular weight excluding hydrogens is 692 g/mol. The maximum absolute atomic E-state index is 15.3. The summed E-state index contributed by atoms with van der Waals surface area (Å²) in [7, 11) is 3.06. The van der Waals surface area contributed by atoms with Crippen molar-refractivity contribution in [3.63, 3.8) is 0 Å². The number of hydrogen-bond acceptors (Lipinski definition) is 9. The summed E-state index contributed by atoms with van der Waals surface area (Å²) in [6, 6.07) is 27.3. The molecule has 0 bridgehead atoms. The zero-order chi connectivity index (χ0) is 37.0. The van der Waals surface area contributed by atoms with E-state index < -0.39 is 39.6 Å². The highest BCUT2D eigenvalue weighted by atomic mass is 35.5. The Morgan fingerprint density at radius 2 is 1.43 bits per heavy atom. The van der Waals surface area contributed by atoms with Gasteiger partial charge in [0, 0.05) is 15.5 Å². The Hall–Kier alpha value is -5.00. The van der Waals surface area contributed by atoms with E-state index in [0.29, 0.717) is 32.7 Å². The van der Waals surface area contributed by atoms with Crippen LogP contribution in [0.5, 0.6) is 11.5 Å². The Kier molecular flexibility index (Phi) is 11.0. The lowest BCUT2D eigenvalue weighted by molar-refractivity contribution is -0.167. The van der Waals surface area contributed by atoms with Crippen LogP contribution in [0.25, 0.3) is 0 Å². The maximum Gasteiger partial charge on any atom is 0.408 e. The number of benzene rings is 4. The maximum atomic E-state index is 15.3. The van der Waals surface area contributed by atoms with Crippen LogP contribution in [0, 0.1) is 5.41 Å². The molecule has 1 aliphatic heterocycles. The minimum absolute atomic E-state index is 0.0432. The molecule has 1 N–H and O–H groups in total. The van der Waals surface area contributed by atoms with Crippen LogP contribution in [0.2, 0.25) is 5.02 Å². The number of methoxy groups -OCH3 is 2. The summed E-state index contributed by atoms with van der Waals surface area (Å²) >= 11 is 7.24. The molecule has 4 aromatic rings. The van der Waals surface area contributed by atoms with Gasteiger partial charge in [-0.2, -0.15) is 0 Å². The summed E-state index contributed by atoms with van der Waals surface area (Å²) in [5, 5.41) is 2.28. The van der Waals surface area contributed by atoms with Crippen LogP contribution in [0.1, 0.15) is 44.4 Å². The molecule has 12 heteroatoms. The highest BCUT2D eigenvalue weighted by Gasteiger charge is 2.70. The molecule has 2 amide bonds. The lowest BCUT2D eigenvalue weighted by Crippen LogP contribution is -2.67. The number of hydrogen-bond donors (Lipinski definition) is 1. The normalized spacial score (nSPS) is 16.5. The number of alkyl carbamates (subject to hydrolysis) is 1. The summed E-state index contributed by atoms with van der Waals surface area (Å²) in [5.74, 6) is -0.630. The molecular formula is C39H39ClN2O8S. The predicted octanol–water partition coefficient (Wildman–Crippen LogP) is 7.69. The monoisotopic (exact) mass is 730 g/mol. The van der Waals surface area contributed by atoms with E-state index in [1.54, 1.807) is 75.4 Å². The number of anilines is 1. The van der Waals surface area contributed by atoms with Crippen LogP contribution in [0.4, 0.5) is 10.5 Å². The van der Waals surface area contributed by atoms with E-state index in [-0.39, 0.29) is 18.7 Å². The van der Waals surface area contributed by atoms with Crippen molar-refractivity contribution in [2.24, 2.45) is 5.41 Å². The van der Waals surface area contributed by atoms with Crippen molar-refractivity contribution in [3.8, 4) is 11.5 Å². The predicted molar refractivity (Wildman–Crippen MR) is 195 cm³/mol. The summed E-state index contributed by atoms with van der Waals surface area (Å²) in [6.45, 7) is 6.12. The molecule has 10 nitrogen and oxygen atoms in total. The van der Waals surface area contributed by atoms with E-state index in [9.17, 15) is 14.4 Å². The highest BCUT2D eigenvalue weighted by Crippen LogP contribution is 2.54. The van der Waals surface area contributed by atoms with Gasteiger partial charge in [-0.25, -0.2) is 4.79 Å². The molecule has 4 aromatic carbocycles. The summed E-state index contributed by atoms with van der Waals surface area (Å²) in [4.78, 5) is 60.6. The number of nitrogens with zero attached hydrogens (tertiary/aromatic N) is 1. The number of thioether (sulfide) groups is 1. The van der Waals surface area contributed by atoms with E-state index in [2.05, 4.69) is 5.32 Å². The van der Waals surface area contributed by atoms with E-state index in [1.165, 1.54) is 38.2 Å². The number of amides is 2. The molecule has 2 unspecified atom stereocenters. The first kappa shape index (κ1) is 37.3. The van der Waals surface area contributed by atoms with Crippen molar-refractivity contribution in [1.82, 2.24) is 5.32 Å². The number of nitrogens with one attached hydrogen (secondary N) is 1. The first-order chi connectivity index (χ1) is 24.2. The fourth-order valence-electron chi connectivity index (χ4n) is 5.84. The quantitative estimate of drug-likeness (QED) is 0.0941. The van der Waals surface area contributed by atoms with Gasteiger partial charge >= 0.3 is 12.1 Å². The van der Waals surface area contributed by atoms with E-state index in [4.69, 9.17) is 30.5 Å². The smallest absolute Gasteiger partial charge is 0.408 e. The Morgan fingerprint density at radius 1 is 0.824 bits per heavy atom. The van der Waals surface area contributed by atoms with E-state index in [0.717, 1.165) is 17.3 Å². The first-order valence-corrected chi connectivity index (χ1v) is 17.2. The molecule has 0 saturated carbocycles. The number of esters is 1. The van der Waals surface area contributed by atoms with Gasteiger partial charge in [0.25, 0.3) is 5.91 Å². The number of rotatable bonds is 11. The number of halogens is 1. The molecule has 0 aliphatic carbocycles. The molecule has 266 valence electrons. The highest BCUT2D eigenvalue weighted by molar-refractivity contribution is 8.13. The van der Waals surface area contributed by atoms with Crippen molar-refractivity contribution in [2.45, 2.75) is 56.9 Å². The topological polar surface area (TPSA) is 120 Å². The molecule has 0 spiro atoms. The minimum Gasteiger partial charge on any atom is -0.497 e. The largest absolute Gasteiger partial charge is 0.497 e. The molecule has 2 atom stereocenters. The molecule has 0 radical (unpaired) electrons. The van der Waals surface area contributed by atoms with Gasteiger partial charge in [-0.05, 0) is 87.4 Å². The molecule has 5 rings (SSSR count). The van der Waals surface area contributed by atoms with Gasteiger partial charge < -0.3 is 29.2 Å². The number of carbonyl (C=O) groups excluding carboxylic acids is 4. The summed E-state index contributed by atoms with van der Waals surface area (Å²) < 4.78 is 22.1. The Labute approximate surface area is 306 Å². The average Bonchev–Trinajstić information content (AvgIpc) is 3.33. The van der Waals surface area contributed by atoms with Crippen LogP contribution in [0.15, 0.2) is 102 Å². The zero-order valence-corrected chi connectivity index (χ0v) is 30.7. The Balaban J connectivity index is 1.70. The molecule has 1 heterocycles. The third-order valence-electron chi connectivity index (χ3n) is 8.46. The molecule has 0 saturated heterocycles. The third-order valence-corrected chi connectivity index (χ3v) is 9.79. The van der Waals surface area contributed by atoms with Gasteiger partial charge in [0.15, 0.2) is 11.0 Å². The first-order valence-electron chi connectivity index (χ1n) is 16.1. The van der Waals surface area contributed by atoms with Gasteiger partial charge in [-0.3, -0.25) is 14.4 Å². The van der Waals surface area contributed by atoms with Gasteiger partial charge in [0.1, 0.15) is 23.7 Å². The Bertz CT molecular complexity index is 1910. The fraction of sp³-hybridized carbons (Fsp3) is 0.282. The van der Waals surface area contributed by atoms with Crippen LogP contribution in [-0.4, -0.2) is 42.9 Å². The summed E-state index contributed by atoms with van der Waals surface area (Å²) in [6.07, 6.45) is -1.02. The Morgan fingerprint density at radius 3 is 2.02 bits per heavy atom. The van der Waals surface area contributed by atoms with Crippen LogP contribution in [-0.2, 0) is 42.5 Å². The number of ether oxygens (including phenoxy) is 4. The van der Waals surface area contributed by atoms with Crippen molar-refractivity contribution in [2.75, 3.05) is 19.1 Å². The van der Waals surface area contributed by atoms with Gasteiger partial charge in [0.05, 0.1) is 26.5 Å². The molecule has 0 fully saturated rings. The lowest BCUT2D eigenvalue weighted by atomic mass is 9.67. The average molecular weight is 731 g/mol. The minimum atomic E-state index is -2.38. The zero-order valence-electron chi connectivity index (χ0n) is 29.2. The van der Waals surface area contributed by atoms with E-state index >= 15 is 4.79 Å². The van der Waals surface area contributed by atoms with Crippen molar-refractivity contribution >= 4 is 52.1 Å². The van der Waals surface area contributed by atoms with Crippen molar-refractivity contribution < 1.29 is 38.1 Å². The van der Waals surface area contributed by atoms with Crippen molar-refractivity contribution in [1.29, 1.82) is 0 Å². The van der Waals surface area contributed by atoms with Gasteiger partial charge in [-0.15, -0.1) is 0 Å². The van der Waals surface area contributed by atoms with Crippen molar-refractivity contribution in [3.05, 3.63) is 119 Å². The van der Waals surface area contributed by atoms with E-state index in [1.807, 2.05) is 30.3 Å².